The van der Waals surface area contributed by atoms with Crippen LogP contribution >= 0.6 is 0 Å². The molecule has 0 saturated heterocycles. The fraction of sp³-hybridized carbons (Fsp3) is 0.385. The number of hydrogen-bond acceptors (Lipinski definition) is 2. The number of nitrogens with zero attached hydrogens (tertiary/aromatic N) is 2. The van der Waals surface area contributed by atoms with Gasteiger partial charge in [0.25, 0.3) is 0 Å². The van der Waals surface area contributed by atoms with Gasteiger partial charge in [-0.05, 0) is 32.0 Å². The van der Waals surface area contributed by atoms with Gasteiger partial charge >= 0.3 is 0 Å². The predicted molar refractivity (Wildman–Crippen MR) is 74.4 cm³/mol. The van der Waals surface area contributed by atoms with E-state index in [0.29, 0.717) is 11.6 Å². The Labute approximate surface area is 112 Å². The normalized spacial score (nSPS) is 11.2. The lowest BCUT2D eigenvalue weighted by atomic mass is 10.3. The van der Waals surface area contributed by atoms with Crippen LogP contribution in [0, 0.1) is 5.82 Å². The molecule has 3 N–H and O–H groups in total. The van der Waals surface area contributed by atoms with Crippen LogP contribution in [0.15, 0.2) is 29.3 Å². The van der Waals surface area contributed by atoms with E-state index in [0.717, 1.165) is 13.1 Å². The number of guanidine groups is 1. The van der Waals surface area contributed by atoms with E-state index in [4.69, 9.17) is 5.73 Å². The number of rotatable bonds is 5. The topological polar surface area (TPSA) is 70.7 Å². The van der Waals surface area contributed by atoms with Crippen molar-refractivity contribution in [1.82, 2.24) is 4.90 Å². The van der Waals surface area contributed by atoms with Crippen LogP contribution in [0.5, 0.6) is 0 Å². The first-order valence-electron chi connectivity index (χ1n) is 6.17. The van der Waals surface area contributed by atoms with Crippen molar-refractivity contribution in [2.75, 3.05) is 25.0 Å². The summed E-state index contributed by atoms with van der Waals surface area (Å²) in [6, 6.07) is 5.69. The minimum absolute atomic E-state index is 0.0845. The number of hydrogen-bond donors (Lipinski definition) is 2. The highest BCUT2D eigenvalue weighted by molar-refractivity contribution is 5.93. The molecule has 0 aliphatic rings. The highest BCUT2D eigenvalue weighted by Crippen LogP contribution is 2.08. The molecule has 0 bridgehead atoms. The number of nitrogens with one attached hydrogen (secondary N) is 1. The van der Waals surface area contributed by atoms with Crippen molar-refractivity contribution in [2.45, 2.75) is 13.8 Å². The third kappa shape index (κ3) is 4.95. The monoisotopic (exact) mass is 266 g/mol. The van der Waals surface area contributed by atoms with Crippen molar-refractivity contribution in [1.29, 1.82) is 0 Å². The van der Waals surface area contributed by atoms with Crippen LogP contribution in [-0.2, 0) is 4.79 Å². The fourth-order valence-electron chi connectivity index (χ4n) is 1.57. The molecule has 0 saturated carbocycles. The second kappa shape index (κ2) is 7.35. The Morgan fingerprint density at radius 1 is 1.42 bits per heavy atom. The molecule has 5 nitrogen and oxygen atoms in total. The molecule has 1 amide bonds. The average molecular weight is 266 g/mol. The Kier molecular flexibility index (Phi) is 5.78. The lowest BCUT2D eigenvalue weighted by Gasteiger charge is -2.19. The molecule has 0 heterocycles. The molecule has 0 radical (unpaired) electrons. The first-order valence-corrected chi connectivity index (χ1v) is 6.17. The molecule has 104 valence electrons. The molecule has 6 heteroatoms. The Balaban J connectivity index is 2.54. The standard InChI is InChI=1S/C13H19FN4O/c1-3-18(4-2)13(15)16-9-12(19)17-11-7-5-6-10(14)8-11/h5-8H,3-4,9H2,1-2H3,(H2,15,16)(H,17,19). The van der Waals surface area contributed by atoms with Gasteiger partial charge in [0.2, 0.25) is 5.91 Å². The van der Waals surface area contributed by atoms with E-state index in [1.165, 1.54) is 18.2 Å². The Morgan fingerprint density at radius 2 is 2.11 bits per heavy atom. The lowest BCUT2D eigenvalue weighted by Crippen LogP contribution is -2.37. The third-order valence-corrected chi connectivity index (χ3v) is 2.58. The first-order chi connectivity index (χ1) is 9.06. The lowest BCUT2D eigenvalue weighted by molar-refractivity contribution is -0.114. The van der Waals surface area contributed by atoms with Crippen molar-refractivity contribution in [2.24, 2.45) is 10.7 Å². The predicted octanol–water partition coefficient (Wildman–Crippen LogP) is 1.42. The fourth-order valence-corrected chi connectivity index (χ4v) is 1.57. The average Bonchev–Trinajstić information content (AvgIpc) is 2.38. The second-order valence-corrected chi connectivity index (χ2v) is 3.91. The first kappa shape index (κ1) is 14.9. The van der Waals surface area contributed by atoms with Gasteiger partial charge < -0.3 is 16.0 Å². The molecule has 0 aliphatic heterocycles. The van der Waals surface area contributed by atoms with E-state index in [9.17, 15) is 9.18 Å². The van der Waals surface area contributed by atoms with Crippen molar-refractivity contribution in [3.05, 3.63) is 30.1 Å². The van der Waals surface area contributed by atoms with Gasteiger partial charge in [0, 0.05) is 18.8 Å². The van der Waals surface area contributed by atoms with Gasteiger partial charge in [0.05, 0.1) is 0 Å². The van der Waals surface area contributed by atoms with Gasteiger partial charge in [-0.25, -0.2) is 9.38 Å². The Bertz CT molecular complexity index is 458. The van der Waals surface area contributed by atoms with Gasteiger partial charge in [-0.3, -0.25) is 4.79 Å². The third-order valence-electron chi connectivity index (χ3n) is 2.58. The maximum absolute atomic E-state index is 12.9. The Hall–Kier alpha value is -2.11. The minimum Gasteiger partial charge on any atom is -0.370 e. The summed E-state index contributed by atoms with van der Waals surface area (Å²) in [6.45, 7) is 5.30. The second-order valence-electron chi connectivity index (χ2n) is 3.91. The van der Waals surface area contributed by atoms with Crippen molar-refractivity contribution in [3.63, 3.8) is 0 Å². The van der Waals surface area contributed by atoms with Crippen LogP contribution in [0.3, 0.4) is 0 Å². The number of anilines is 1. The number of amides is 1. The highest BCUT2D eigenvalue weighted by atomic mass is 19.1. The van der Waals surface area contributed by atoms with Gasteiger partial charge in [-0.2, -0.15) is 0 Å². The summed E-state index contributed by atoms with van der Waals surface area (Å²) in [5.41, 5.74) is 6.14. The van der Waals surface area contributed by atoms with E-state index in [2.05, 4.69) is 10.3 Å². The number of nitrogens with two attached hydrogens (primary N) is 1. The van der Waals surface area contributed by atoms with Crippen LogP contribution in [0.25, 0.3) is 0 Å². The van der Waals surface area contributed by atoms with E-state index < -0.39 is 5.82 Å². The van der Waals surface area contributed by atoms with Crippen LogP contribution in [0.4, 0.5) is 10.1 Å². The maximum Gasteiger partial charge on any atom is 0.246 e. The SMILES string of the molecule is CCN(CC)C(N)=NCC(=O)Nc1cccc(F)c1. The summed E-state index contributed by atoms with van der Waals surface area (Å²) in [4.78, 5) is 17.5. The van der Waals surface area contributed by atoms with E-state index in [-0.39, 0.29) is 12.5 Å². The summed E-state index contributed by atoms with van der Waals surface area (Å²) in [5.74, 6) is -0.399. The summed E-state index contributed by atoms with van der Waals surface area (Å²) in [5, 5.41) is 2.55. The molecule has 0 spiro atoms. The maximum atomic E-state index is 12.9. The van der Waals surface area contributed by atoms with Gasteiger partial charge in [-0.15, -0.1) is 0 Å². The molecule has 1 aromatic rings. The van der Waals surface area contributed by atoms with Crippen molar-refractivity contribution < 1.29 is 9.18 Å². The van der Waals surface area contributed by atoms with Crippen LogP contribution in [0.2, 0.25) is 0 Å². The smallest absolute Gasteiger partial charge is 0.246 e. The van der Waals surface area contributed by atoms with Gasteiger partial charge in [0.1, 0.15) is 12.4 Å². The zero-order valence-electron chi connectivity index (χ0n) is 11.2. The van der Waals surface area contributed by atoms with E-state index >= 15 is 0 Å². The van der Waals surface area contributed by atoms with Crippen LogP contribution < -0.4 is 11.1 Å². The molecule has 0 fully saturated rings. The van der Waals surface area contributed by atoms with E-state index in [1.54, 1.807) is 6.07 Å². The van der Waals surface area contributed by atoms with Crippen molar-refractivity contribution >= 4 is 17.6 Å². The number of carbonyl (C=O) groups is 1. The Morgan fingerprint density at radius 3 is 2.68 bits per heavy atom. The van der Waals surface area contributed by atoms with Gasteiger partial charge in [0.15, 0.2) is 5.96 Å². The molecule has 0 atom stereocenters. The number of benzene rings is 1. The molecule has 1 aromatic carbocycles. The molecular weight excluding hydrogens is 247 g/mol. The quantitative estimate of drug-likeness (QED) is 0.625. The number of aliphatic imine (C=N–C) groups is 1. The summed E-state index contributed by atoms with van der Waals surface area (Å²) in [6.07, 6.45) is 0. The highest BCUT2D eigenvalue weighted by Gasteiger charge is 2.05. The molecule has 0 aromatic heterocycles. The number of halogens is 1. The zero-order valence-corrected chi connectivity index (χ0v) is 11.2. The minimum atomic E-state index is -0.399. The summed E-state index contributed by atoms with van der Waals surface area (Å²) in [7, 11) is 0. The zero-order chi connectivity index (χ0) is 14.3. The van der Waals surface area contributed by atoms with Gasteiger partial charge in [-0.1, -0.05) is 6.07 Å². The molecular formula is C13H19FN4O. The van der Waals surface area contributed by atoms with Crippen LogP contribution in [-0.4, -0.2) is 36.4 Å². The molecule has 1 rings (SSSR count). The molecule has 19 heavy (non-hydrogen) atoms. The largest absolute Gasteiger partial charge is 0.370 e. The number of carbonyl (C=O) groups excluding carboxylic acids is 1. The molecule has 0 aliphatic carbocycles. The summed E-state index contributed by atoms with van der Waals surface area (Å²) >= 11 is 0. The molecule has 0 unspecified atom stereocenters. The van der Waals surface area contributed by atoms with Crippen molar-refractivity contribution in [3.8, 4) is 0 Å². The van der Waals surface area contributed by atoms with Crippen LogP contribution in [0.1, 0.15) is 13.8 Å². The van der Waals surface area contributed by atoms with E-state index in [1.807, 2.05) is 18.7 Å². The summed E-state index contributed by atoms with van der Waals surface area (Å²) < 4.78 is 12.9.